The molecule has 0 aliphatic heterocycles. The van der Waals surface area contributed by atoms with Gasteiger partial charge in [0, 0.05) is 17.5 Å². The van der Waals surface area contributed by atoms with Crippen LogP contribution in [0.3, 0.4) is 0 Å². The maximum atomic E-state index is 5.79. The smallest absolute Gasteiger partial charge is 0.0741 e. The highest BCUT2D eigenvalue weighted by atomic mass is 14.7. The lowest BCUT2D eigenvalue weighted by molar-refractivity contribution is 0.647. The number of fused-ring (bicyclic) bond motifs is 1. The van der Waals surface area contributed by atoms with Crippen LogP contribution in [-0.2, 0) is 13.0 Å². The van der Waals surface area contributed by atoms with E-state index in [1.807, 2.05) is 6.07 Å². The fourth-order valence-electron chi connectivity index (χ4n) is 2.85. The van der Waals surface area contributed by atoms with Crippen molar-refractivity contribution in [3.63, 3.8) is 0 Å². The summed E-state index contributed by atoms with van der Waals surface area (Å²) in [7, 11) is 0. The van der Waals surface area contributed by atoms with E-state index in [4.69, 9.17) is 10.7 Å². The van der Waals surface area contributed by atoms with Crippen LogP contribution >= 0.6 is 0 Å². The Morgan fingerprint density at radius 2 is 1.82 bits per heavy atom. The lowest BCUT2D eigenvalue weighted by Gasteiger charge is -2.13. The summed E-state index contributed by atoms with van der Waals surface area (Å²) < 4.78 is 0. The van der Waals surface area contributed by atoms with E-state index in [-0.39, 0.29) is 0 Å². The SMILES string of the molecule is CC(C)Cc1cc2ccccc2nc1-c1cccc(CN)c1. The number of aromatic nitrogens is 1. The quantitative estimate of drug-likeness (QED) is 0.765. The van der Waals surface area contributed by atoms with Crippen LogP contribution in [0.1, 0.15) is 25.0 Å². The van der Waals surface area contributed by atoms with Gasteiger partial charge in [-0.05, 0) is 41.7 Å². The molecule has 2 N–H and O–H groups in total. The van der Waals surface area contributed by atoms with E-state index >= 15 is 0 Å². The molecule has 0 spiro atoms. The number of rotatable bonds is 4. The summed E-state index contributed by atoms with van der Waals surface area (Å²) >= 11 is 0. The minimum Gasteiger partial charge on any atom is -0.326 e. The molecule has 0 aliphatic carbocycles. The number of nitrogens with two attached hydrogens (primary N) is 1. The minimum atomic E-state index is 0.556. The molecule has 1 aromatic heterocycles. The fourth-order valence-corrected chi connectivity index (χ4v) is 2.85. The first-order valence-corrected chi connectivity index (χ1v) is 7.85. The fraction of sp³-hybridized carbons (Fsp3) is 0.250. The lowest BCUT2D eigenvalue weighted by atomic mass is 9.95. The van der Waals surface area contributed by atoms with E-state index in [0.29, 0.717) is 12.5 Å². The molecule has 2 aromatic carbocycles. The number of pyridine rings is 1. The number of benzene rings is 2. The largest absolute Gasteiger partial charge is 0.326 e. The molecular weight excluding hydrogens is 268 g/mol. The Bertz CT molecular complexity index is 791. The molecular formula is C20H22N2. The Morgan fingerprint density at radius 1 is 1.00 bits per heavy atom. The predicted molar refractivity (Wildman–Crippen MR) is 93.6 cm³/mol. The molecule has 0 amide bonds. The molecule has 0 radical (unpaired) electrons. The van der Waals surface area contributed by atoms with Crippen LogP contribution in [0.5, 0.6) is 0 Å². The molecule has 112 valence electrons. The Labute approximate surface area is 132 Å². The zero-order valence-corrected chi connectivity index (χ0v) is 13.2. The first-order valence-electron chi connectivity index (χ1n) is 7.85. The van der Waals surface area contributed by atoms with E-state index in [9.17, 15) is 0 Å². The van der Waals surface area contributed by atoms with E-state index in [1.54, 1.807) is 0 Å². The molecule has 0 fully saturated rings. The van der Waals surface area contributed by atoms with Gasteiger partial charge < -0.3 is 5.73 Å². The Morgan fingerprint density at radius 3 is 2.59 bits per heavy atom. The molecule has 1 heterocycles. The summed E-state index contributed by atoms with van der Waals surface area (Å²) in [5.74, 6) is 0.597. The van der Waals surface area contributed by atoms with Crippen molar-refractivity contribution in [3.8, 4) is 11.3 Å². The van der Waals surface area contributed by atoms with Crippen molar-refractivity contribution >= 4 is 10.9 Å². The van der Waals surface area contributed by atoms with Gasteiger partial charge in [0.1, 0.15) is 0 Å². The number of hydrogen-bond donors (Lipinski definition) is 1. The van der Waals surface area contributed by atoms with E-state index < -0.39 is 0 Å². The predicted octanol–water partition coefficient (Wildman–Crippen LogP) is 4.56. The first kappa shape index (κ1) is 14.7. The molecule has 0 saturated carbocycles. The second-order valence-corrected chi connectivity index (χ2v) is 6.19. The van der Waals surface area contributed by atoms with Gasteiger partial charge in [-0.3, -0.25) is 0 Å². The standard InChI is InChI=1S/C20H22N2/c1-14(2)10-18-12-16-7-3-4-9-19(16)22-20(18)17-8-5-6-15(11-17)13-21/h3-9,11-12,14H,10,13,21H2,1-2H3. The van der Waals surface area contributed by atoms with Gasteiger partial charge in [0.15, 0.2) is 0 Å². The van der Waals surface area contributed by atoms with Crippen molar-refractivity contribution in [2.24, 2.45) is 11.7 Å². The molecule has 0 unspecified atom stereocenters. The molecule has 3 rings (SSSR count). The van der Waals surface area contributed by atoms with Gasteiger partial charge >= 0.3 is 0 Å². The third-order valence-corrected chi connectivity index (χ3v) is 3.87. The lowest BCUT2D eigenvalue weighted by Crippen LogP contribution is -2.01. The van der Waals surface area contributed by atoms with Crippen molar-refractivity contribution < 1.29 is 0 Å². The molecule has 3 aromatic rings. The number of nitrogens with zero attached hydrogens (tertiary/aromatic N) is 1. The molecule has 2 heteroatoms. The van der Waals surface area contributed by atoms with Gasteiger partial charge in [-0.2, -0.15) is 0 Å². The minimum absolute atomic E-state index is 0.556. The van der Waals surface area contributed by atoms with Gasteiger partial charge in [-0.25, -0.2) is 4.98 Å². The first-order chi connectivity index (χ1) is 10.7. The van der Waals surface area contributed by atoms with Crippen molar-refractivity contribution in [2.45, 2.75) is 26.8 Å². The van der Waals surface area contributed by atoms with Gasteiger partial charge in [-0.15, -0.1) is 0 Å². The van der Waals surface area contributed by atoms with Crippen molar-refractivity contribution in [1.29, 1.82) is 0 Å². The summed E-state index contributed by atoms with van der Waals surface area (Å²) in [4.78, 5) is 4.93. The topological polar surface area (TPSA) is 38.9 Å². The molecule has 2 nitrogen and oxygen atoms in total. The second-order valence-electron chi connectivity index (χ2n) is 6.19. The van der Waals surface area contributed by atoms with Crippen LogP contribution in [-0.4, -0.2) is 4.98 Å². The Hall–Kier alpha value is -2.19. The summed E-state index contributed by atoms with van der Waals surface area (Å²) in [6.07, 6.45) is 1.03. The number of para-hydroxylation sites is 1. The highest BCUT2D eigenvalue weighted by molar-refractivity contribution is 5.83. The van der Waals surface area contributed by atoms with Crippen LogP contribution in [0.15, 0.2) is 54.6 Å². The van der Waals surface area contributed by atoms with Crippen LogP contribution in [0.4, 0.5) is 0 Å². The highest BCUT2D eigenvalue weighted by Crippen LogP contribution is 2.28. The van der Waals surface area contributed by atoms with Gasteiger partial charge in [0.2, 0.25) is 0 Å². The summed E-state index contributed by atoms with van der Waals surface area (Å²) in [5, 5.41) is 1.21. The second kappa shape index (κ2) is 6.29. The third kappa shape index (κ3) is 3.02. The highest BCUT2D eigenvalue weighted by Gasteiger charge is 2.11. The summed E-state index contributed by atoms with van der Waals surface area (Å²) in [5.41, 5.74) is 11.5. The molecule has 0 aliphatic rings. The van der Waals surface area contributed by atoms with Crippen molar-refractivity contribution in [1.82, 2.24) is 4.98 Å². The van der Waals surface area contributed by atoms with Gasteiger partial charge in [0.05, 0.1) is 11.2 Å². The normalized spacial score (nSPS) is 11.3. The zero-order chi connectivity index (χ0) is 15.5. The maximum Gasteiger partial charge on any atom is 0.0741 e. The van der Waals surface area contributed by atoms with Crippen LogP contribution < -0.4 is 5.73 Å². The van der Waals surface area contributed by atoms with E-state index in [2.05, 4.69) is 62.4 Å². The van der Waals surface area contributed by atoms with Crippen molar-refractivity contribution in [2.75, 3.05) is 0 Å². The average molecular weight is 290 g/mol. The summed E-state index contributed by atoms with van der Waals surface area (Å²) in [6.45, 7) is 5.05. The average Bonchev–Trinajstić information content (AvgIpc) is 2.53. The van der Waals surface area contributed by atoms with Gasteiger partial charge in [-0.1, -0.05) is 50.2 Å². The molecule has 0 saturated heterocycles. The van der Waals surface area contributed by atoms with Crippen LogP contribution in [0.25, 0.3) is 22.2 Å². The zero-order valence-electron chi connectivity index (χ0n) is 13.2. The van der Waals surface area contributed by atoms with E-state index in [0.717, 1.165) is 28.8 Å². The Balaban J connectivity index is 2.20. The molecule has 22 heavy (non-hydrogen) atoms. The Kier molecular flexibility index (Phi) is 4.21. The van der Waals surface area contributed by atoms with Crippen LogP contribution in [0.2, 0.25) is 0 Å². The van der Waals surface area contributed by atoms with Crippen LogP contribution in [0, 0.1) is 5.92 Å². The molecule has 0 atom stereocenters. The van der Waals surface area contributed by atoms with Crippen molar-refractivity contribution in [3.05, 3.63) is 65.7 Å². The number of hydrogen-bond acceptors (Lipinski definition) is 2. The van der Waals surface area contributed by atoms with Gasteiger partial charge in [0.25, 0.3) is 0 Å². The monoisotopic (exact) mass is 290 g/mol. The molecule has 0 bridgehead atoms. The summed E-state index contributed by atoms with van der Waals surface area (Å²) in [6, 6.07) is 19.0. The maximum absolute atomic E-state index is 5.79. The third-order valence-electron chi connectivity index (χ3n) is 3.87. The van der Waals surface area contributed by atoms with E-state index in [1.165, 1.54) is 10.9 Å².